The number of alkyl halides is 1. The van der Waals surface area contributed by atoms with Crippen molar-refractivity contribution in [1.82, 2.24) is 0 Å². The molecule has 0 radical (unpaired) electrons. The molecule has 0 heterocycles. The van der Waals surface area contributed by atoms with Crippen LogP contribution in [0.25, 0.3) is 0 Å². The number of hydrogen-bond donors (Lipinski definition) is 3. The van der Waals surface area contributed by atoms with Crippen molar-refractivity contribution in [3.05, 3.63) is 12.2 Å². The molecule has 0 aromatic heterocycles. The van der Waals surface area contributed by atoms with Crippen LogP contribution in [-0.4, -0.2) is 34.9 Å². The van der Waals surface area contributed by atoms with Gasteiger partial charge in [0.15, 0.2) is 0 Å². The average molecular weight is 193 g/mol. The van der Waals surface area contributed by atoms with Gasteiger partial charge in [0.25, 0.3) is 0 Å². The number of carboxylic acids is 2. The SMILES string of the molecule is C=C(C)C(=O)O.N[C@H](CF)C(=O)O. The number of nitrogens with two attached hydrogens (primary N) is 1. The van der Waals surface area contributed by atoms with Crippen LogP contribution in [-0.2, 0) is 9.59 Å². The van der Waals surface area contributed by atoms with E-state index in [-0.39, 0.29) is 5.57 Å². The molecule has 6 heteroatoms. The van der Waals surface area contributed by atoms with Gasteiger partial charge in [-0.3, -0.25) is 4.79 Å². The highest BCUT2D eigenvalue weighted by Gasteiger charge is 2.08. The van der Waals surface area contributed by atoms with Gasteiger partial charge in [-0.2, -0.15) is 0 Å². The number of carbonyl (C=O) groups is 2. The fourth-order valence-electron chi connectivity index (χ4n) is 0.0660. The summed E-state index contributed by atoms with van der Waals surface area (Å²) < 4.78 is 11.1. The Balaban J connectivity index is 0. The van der Waals surface area contributed by atoms with Gasteiger partial charge in [-0.1, -0.05) is 6.58 Å². The maximum absolute atomic E-state index is 11.1. The molecule has 0 aliphatic rings. The second kappa shape index (κ2) is 7.23. The highest BCUT2D eigenvalue weighted by atomic mass is 19.1. The van der Waals surface area contributed by atoms with Gasteiger partial charge in [-0.05, 0) is 6.92 Å². The summed E-state index contributed by atoms with van der Waals surface area (Å²) in [7, 11) is 0. The van der Waals surface area contributed by atoms with Crippen molar-refractivity contribution in [2.75, 3.05) is 6.67 Å². The normalized spacial score (nSPS) is 10.7. The molecule has 0 fully saturated rings. The van der Waals surface area contributed by atoms with Gasteiger partial charge in [-0.25, -0.2) is 9.18 Å². The molecule has 0 aliphatic carbocycles. The zero-order valence-electron chi connectivity index (χ0n) is 7.16. The summed E-state index contributed by atoms with van der Waals surface area (Å²) in [5, 5.41) is 15.7. The van der Waals surface area contributed by atoms with Gasteiger partial charge in [0.1, 0.15) is 12.7 Å². The average Bonchev–Trinajstić information content (AvgIpc) is 2.03. The Hall–Kier alpha value is -1.43. The molecule has 0 aromatic carbocycles. The minimum Gasteiger partial charge on any atom is -0.480 e. The molecule has 4 N–H and O–H groups in total. The van der Waals surface area contributed by atoms with Gasteiger partial charge in [0, 0.05) is 5.57 Å². The van der Waals surface area contributed by atoms with E-state index in [0.29, 0.717) is 0 Å². The largest absolute Gasteiger partial charge is 0.480 e. The van der Waals surface area contributed by atoms with Crippen LogP contribution in [0.3, 0.4) is 0 Å². The highest BCUT2D eigenvalue weighted by Crippen LogP contribution is 1.81. The zero-order valence-corrected chi connectivity index (χ0v) is 7.16. The number of rotatable bonds is 3. The van der Waals surface area contributed by atoms with E-state index in [4.69, 9.17) is 10.2 Å². The van der Waals surface area contributed by atoms with Gasteiger partial charge < -0.3 is 15.9 Å². The summed E-state index contributed by atoms with van der Waals surface area (Å²) in [5.74, 6) is -2.24. The third kappa shape index (κ3) is 10.6. The van der Waals surface area contributed by atoms with E-state index in [1.807, 2.05) is 0 Å². The molecule has 0 saturated heterocycles. The monoisotopic (exact) mass is 193 g/mol. The molecule has 0 amide bonds. The van der Waals surface area contributed by atoms with Crippen molar-refractivity contribution in [1.29, 1.82) is 0 Å². The molecule has 13 heavy (non-hydrogen) atoms. The molecule has 0 unspecified atom stereocenters. The van der Waals surface area contributed by atoms with Gasteiger partial charge in [-0.15, -0.1) is 0 Å². The summed E-state index contributed by atoms with van der Waals surface area (Å²) in [4.78, 5) is 19.2. The Morgan fingerprint density at radius 1 is 1.54 bits per heavy atom. The van der Waals surface area contributed by atoms with E-state index in [1.54, 1.807) is 0 Å². The van der Waals surface area contributed by atoms with Crippen LogP contribution >= 0.6 is 0 Å². The molecular formula is C7H12FNO4. The van der Waals surface area contributed by atoms with Crippen LogP contribution in [0.15, 0.2) is 12.2 Å². The lowest BCUT2D eigenvalue weighted by atomic mass is 10.4. The molecule has 0 spiro atoms. The minimum absolute atomic E-state index is 0.176. The fraction of sp³-hybridized carbons (Fsp3) is 0.429. The van der Waals surface area contributed by atoms with Crippen molar-refractivity contribution in [3.8, 4) is 0 Å². The molecule has 0 rings (SSSR count). The maximum atomic E-state index is 11.1. The highest BCUT2D eigenvalue weighted by molar-refractivity contribution is 5.84. The Morgan fingerprint density at radius 2 is 1.85 bits per heavy atom. The van der Waals surface area contributed by atoms with Crippen LogP contribution in [0, 0.1) is 0 Å². The lowest BCUT2D eigenvalue weighted by Gasteiger charge is -1.94. The maximum Gasteiger partial charge on any atom is 0.330 e. The van der Waals surface area contributed by atoms with Crippen LogP contribution in [0.2, 0.25) is 0 Å². The number of aliphatic carboxylic acids is 2. The van der Waals surface area contributed by atoms with Gasteiger partial charge in [0.2, 0.25) is 0 Å². The summed E-state index contributed by atoms with van der Waals surface area (Å²) in [5.41, 5.74) is 4.82. The van der Waals surface area contributed by atoms with E-state index in [2.05, 4.69) is 12.3 Å². The lowest BCUT2D eigenvalue weighted by Crippen LogP contribution is -2.31. The van der Waals surface area contributed by atoms with E-state index in [9.17, 15) is 14.0 Å². The smallest absolute Gasteiger partial charge is 0.330 e. The first-order valence-corrected chi connectivity index (χ1v) is 3.26. The predicted octanol–water partition coefficient (Wildman–Crippen LogP) is 0.0149. The molecule has 0 aromatic rings. The summed E-state index contributed by atoms with van der Waals surface area (Å²) in [6, 6.07) is -1.35. The molecule has 5 nitrogen and oxygen atoms in total. The second-order valence-electron chi connectivity index (χ2n) is 2.18. The first kappa shape index (κ1) is 14.1. The fourth-order valence-corrected chi connectivity index (χ4v) is 0.0660. The second-order valence-corrected chi connectivity index (χ2v) is 2.18. The van der Waals surface area contributed by atoms with Crippen molar-refractivity contribution < 1.29 is 24.2 Å². The van der Waals surface area contributed by atoms with Crippen molar-refractivity contribution in [2.24, 2.45) is 5.73 Å². The number of halogens is 1. The Labute approximate surface area is 74.7 Å². The molecule has 0 saturated carbocycles. The van der Waals surface area contributed by atoms with E-state index < -0.39 is 24.7 Å². The first-order valence-electron chi connectivity index (χ1n) is 3.26. The van der Waals surface area contributed by atoms with E-state index in [1.165, 1.54) is 6.92 Å². The van der Waals surface area contributed by atoms with Gasteiger partial charge in [0.05, 0.1) is 0 Å². The van der Waals surface area contributed by atoms with Crippen LogP contribution in [0.4, 0.5) is 4.39 Å². The minimum atomic E-state index is -1.35. The Morgan fingerprint density at radius 3 is 1.85 bits per heavy atom. The third-order valence-corrected chi connectivity index (χ3v) is 0.849. The topological polar surface area (TPSA) is 101 Å². The predicted molar refractivity (Wildman–Crippen MR) is 44.0 cm³/mol. The van der Waals surface area contributed by atoms with Crippen molar-refractivity contribution in [2.45, 2.75) is 13.0 Å². The molecule has 76 valence electrons. The van der Waals surface area contributed by atoms with E-state index in [0.717, 1.165) is 0 Å². The van der Waals surface area contributed by atoms with Gasteiger partial charge >= 0.3 is 11.9 Å². The Bertz CT molecular complexity index is 193. The van der Waals surface area contributed by atoms with Crippen LogP contribution in [0.1, 0.15) is 6.92 Å². The molecule has 1 atom stereocenters. The molecule has 0 aliphatic heterocycles. The van der Waals surface area contributed by atoms with Crippen LogP contribution in [0.5, 0.6) is 0 Å². The Kier molecular flexibility index (Phi) is 7.85. The molecular weight excluding hydrogens is 181 g/mol. The lowest BCUT2D eigenvalue weighted by molar-refractivity contribution is -0.139. The summed E-state index contributed by atoms with van der Waals surface area (Å²) in [6.07, 6.45) is 0. The summed E-state index contributed by atoms with van der Waals surface area (Å²) in [6.45, 7) is 3.60. The third-order valence-electron chi connectivity index (χ3n) is 0.849. The van der Waals surface area contributed by atoms with Crippen molar-refractivity contribution in [3.63, 3.8) is 0 Å². The van der Waals surface area contributed by atoms with Crippen LogP contribution < -0.4 is 5.73 Å². The number of carboxylic acid groups (broad SMARTS) is 2. The standard InChI is InChI=1S/C4H6O2.C3H6FNO2/c1-3(2)4(5)6;4-1-2(5)3(6)7/h1H2,2H3,(H,5,6);2H,1,5H2,(H,6,7)/t;2-/m.1/s1. The van der Waals surface area contributed by atoms with E-state index >= 15 is 0 Å². The summed E-state index contributed by atoms with van der Waals surface area (Å²) >= 11 is 0. The molecule has 0 bridgehead atoms. The zero-order chi connectivity index (χ0) is 11.0. The number of hydrogen-bond acceptors (Lipinski definition) is 3. The van der Waals surface area contributed by atoms with Crippen molar-refractivity contribution >= 4 is 11.9 Å². The first-order chi connectivity index (χ1) is 5.82. The quantitative estimate of drug-likeness (QED) is 0.548.